The van der Waals surface area contributed by atoms with E-state index in [1.165, 1.54) is 23.9 Å². The fourth-order valence-corrected chi connectivity index (χ4v) is 5.19. The third-order valence-corrected chi connectivity index (χ3v) is 7.12. The van der Waals surface area contributed by atoms with E-state index in [-0.39, 0.29) is 11.0 Å². The van der Waals surface area contributed by atoms with Crippen LogP contribution in [-0.2, 0) is 23.5 Å². The molecule has 0 spiro atoms. The van der Waals surface area contributed by atoms with E-state index in [4.69, 9.17) is 37.7 Å². The average molecular weight is 533 g/mol. The lowest BCUT2D eigenvalue weighted by molar-refractivity contribution is 0.0526. The highest BCUT2D eigenvalue weighted by Gasteiger charge is 2.16. The standard InChI is InChI=1S/C26H23Cl2FN2O3S/c1-3-34-25(32)17-6-9-24-23(13-17)30-26(35-15-18-12-22(29)21(28)14-20(18)27)31(24)11-10-16-4-7-19(33-2)8-5-16/h4-9,12-14H,3,10-11,15H2,1-2H3. The van der Waals surface area contributed by atoms with Crippen LogP contribution in [0.3, 0.4) is 0 Å². The molecule has 5 nitrogen and oxygen atoms in total. The minimum atomic E-state index is -0.515. The molecule has 0 radical (unpaired) electrons. The Labute approximate surface area is 217 Å². The quantitative estimate of drug-likeness (QED) is 0.129. The summed E-state index contributed by atoms with van der Waals surface area (Å²) in [5, 5.41) is 1.12. The first kappa shape index (κ1) is 25.4. The number of halogens is 3. The largest absolute Gasteiger partial charge is 0.497 e. The number of benzene rings is 3. The second-order valence-corrected chi connectivity index (χ2v) is 9.47. The zero-order valence-corrected chi connectivity index (χ0v) is 21.5. The van der Waals surface area contributed by atoms with E-state index < -0.39 is 5.82 Å². The Kier molecular flexibility index (Phi) is 8.21. The van der Waals surface area contributed by atoms with E-state index in [1.54, 1.807) is 26.2 Å². The summed E-state index contributed by atoms with van der Waals surface area (Å²) >= 11 is 13.6. The van der Waals surface area contributed by atoms with E-state index >= 15 is 0 Å². The van der Waals surface area contributed by atoms with Crippen molar-refractivity contribution in [2.75, 3.05) is 13.7 Å². The summed E-state index contributed by atoms with van der Waals surface area (Å²) in [7, 11) is 1.64. The molecular formula is C26H23Cl2FN2O3S. The SMILES string of the molecule is CCOC(=O)c1ccc2c(c1)nc(SCc1cc(F)c(Cl)cc1Cl)n2CCc1ccc(OC)cc1. The van der Waals surface area contributed by atoms with Crippen LogP contribution in [0, 0.1) is 5.82 Å². The number of rotatable bonds is 9. The predicted molar refractivity (Wildman–Crippen MR) is 138 cm³/mol. The van der Waals surface area contributed by atoms with Crippen molar-refractivity contribution in [2.45, 2.75) is 30.8 Å². The molecule has 0 saturated heterocycles. The molecule has 0 atom stereocenters. The van der Waals surface area contributed by atoms with Crippen LogP contribution in [0.5, 0.6) is 5.75 Å². The Morgan fingerprint density at radius 2 is 1.86 bits per heavy atom. The van der Waals surface area contributed by atoms with Crippen molar-refractivity contribution in [1.29, 1.82) is 0 Å². The van der Waals surface area contributed by atoms with Gasteiger partial charge in [0.15, 0.2) is 5.16 Å². The molecule has 4 aromatic rings. The number of carbonyl (C=O) groups excluding carboxylic acids is 1. The summed E-state index contributed by atoms with van der Waals surface area (Å²) in [6, 6.07) is 16.0. The number of thioether (sulfide) groups is 1. The Morgan fingerprint density at radius 3 is 2.57 bits per heavy atom. The van der Waals surface area contributed by atoms with Gasteiger partial charge < -0.3 is 14.0 Å². The number of aromatic nitrogens is 2. The zero-order valence-electron chi connectivity index (χ0n) is 19.2. The molecule has 0 amide bonds. The highest BCUT2D eigenvalue weighted by molar-refractivity contribution is 7.98. The third-order valence-electron chi connectivity index (χ3n) is 5.45. The van der Waals surface area contributed by atoms with Crippen LogP contribution < -0.4 is 4.74 Å². The van der Waals surface area contributed by atoms with Gasteiger partial charge in [0.2, 0.25) is 0 Å². The maximum absolute atomic E-state index is 14.0. The summed E-state index contributed by atoms with van der Waals surface area (Å²) in [5.74, 6) is 0.305. The lowest BCUT2D eigenvalue weighted by Gasteiger charge is -2.11. The fraction of sp³-hybridized carbons (Fsp3) is 0.231. The maximum Gasteiger partial charge on any atom is 0.338 e. The number of ether oxygens (including phenoxy) is 2. The van der Waals surface area contributed by atoms with Gasteiger partial charge in [0.05, 0.1) is 35.3 Å². The second-order valence-electron chi connectivity index (χ2n) is 7.71. The molecule has 0 fully saturated rings. The molecule has 3 aromatic carbocycles. The van der Waals surface area contributed by atoms with Crippen molar-refractivity contribution < 1.29 is 18.7 Å². The van der Waals surface area contributed by atoms with E-state index in [0.29, 0.717) is 40.6 Å². The Balaban J connectivity index is 1.64. The van der Waals surface area contributed by atoms with Crippen molar-refractivity contribution in [1.82, 2.24) is 9.55 Å². The van der Waals surface area contributed by atoms with Gasteiger partial charge in [0.1, 0.15) is 11.6 Å². The first-order valence-corrected chi connectivity index (χ1v) is 12.7. The smallest absolute Gasteiger partial charge is 0.338 e. The molecule has 182 valence electrons. The van der Waals surface area contributed by atoms with Crippen LogP contribution in [0.2, 0.25) is 10.0 Å². The number of carbonyl (C=O) groups is 1. The van der Waals surface area contributed by atoms with Gasteiger partial charge in [-0.3, -0.25) is 0 Å². The lowest BCUT2D eigenvalue weighted by Crippen LogP contribution is -2.05. The van der Waals surface area contributed by atoms with Crippen molar-refractivity contribution in [3.05, 3.63) is 87.2 Å². The van der Waals surface area contributed by atoms with Gasteiger partial charge in [-0.25, -0.2) is 14.2 Å². The molecule has 0 aliphatic rings. The van der Waals surface area contributed by atoms with Crippen LogP contribution >= 0.6 is 35.0 Å². The number of fused-ring (bicyclic) bond motifs is 1. The second kappa shape index (κ2) is 11.3. The molecule has 4 rings (SSSR count). The Morgan fingerprint density at radius 1 is 1.09 bits per heavy atom. The summed E-state index contributed by atoms with van der Waals surface area (Å²) in [6.07, 6.45) is 0.763. The van der Waals surface area contributed by atoms with E-state index in [9.17, 15) is 9.18 Å². The van der Waals surface area contributed by atoms with Gasteiger partial charge in [-0.2, -0.15) is 0 Å². The highest BCUT2D eigenvalue weighted by Crippen LogP contribution is 2.32. The van der Waals surface area contributed by atoms with Crippen molar-refractivity contribution in [2.24, 2.45) is 0 Å². The molecule has 0 N–H and O–H groups in total. The minimum absolute atomic E-state index is 0.0121. The van der Waals surface area contributed by atoms with Gasteiger partial charge in [-0.05, 0) is 66.9 Å². The Hall–Kier alpha value is -2.74. The number of hydrogen-bond donors (Lipinski definition) is 0. The molecule has 0 bridgehead atoms. The molecule has 1 heterocycles. The molecule has 1 aromatic heterocycles. The number of hydrogen-bond acceptors (Lipinski definition) is 5. The van der Waals surface area contributed by atoms with Gasteiger partial charge in [0, 0.05) is 17.3 Å². The fourth-order valence-electron chi connectivity index (χ4n) is 3.63. The summed E-state index contributed by atoms with van der Waals surface area (Å²) in [6.45, 7) is 2.73. The van der Waals surface area contributed by atoms with E-state index in [0.717, 1.165) is 28.4 Å². The monoisotopic (exact) mass is 532 g/mol. The number of nitrogens with zero attached hydrogens (tertiary/aromatic N) is 2. The first-order chi connectivity index (χ1) is 16.9. The lowest BCUT2D eigenvalue weighted by atomic mass is 10.1. The van der Waals surface area contributed by atoms with Crippen molar-refractivity contribution in [3.63, 3.8) is 0 Å². The summed E-state index contributed by atoms with van der Waals surface area (Å²) in [4.78, 5) is 17.0. The molecule has 0 aliphatic carbocycles. The highest BCUT2D eigenvalue weighted by atomic mass is 35.5. The van der Waals surface area contributed by atoms with Gasteiger partial charge >= 0.3 is 5.97 Å². The maximum atomic E-state index is 14.0. The predicted octanol–water partition coefficient (Wildman–Crippen LogP) is 7.20. The van der Waals surface area contributed by atoms with E-state index in [2.05, 4.69) is 4.57 Å². The topological polar surface area (TPSA) is 53.3 Å². The van der Waals surface area contributed by atoms with Crippen molar-refractivity contribution >= 4 is 52.0 Å². The molecular weight excluding hydrogens is 510 g/mol. The average Bonchev–Trinajstić information content (AvgIpc) is 3.21. The summed E-state index contributed by atoms with van der Waals surface area (Å²) < 4.78 is 26.5. The van der Waals surface area contributed by atoms with Gasteiger partial charge in [0.25, 0.3) is 0 Å². The summed E-state index contributed by atoms with van der Waals surface area (Å²) in [5.41, 5.74) is 3.79. The van der Waals surface area contributed by atoms with Crippen LogP contribution in [0.4, 0.5) is 4.39 Å². The van der Waals surface area contributed by atoms with Crippen LogP contribution in [0.25, 0.3) is 11.0 Å². The van der Waals surface area contributed by atoms with Crippen LogP contribution in [0.15, 0.2) is 59.8 Å². The van der Waals surface area contributed by atoms with Crippen LogP contribution in [0.1, 0.15) is 28.4 Å². The third kappa shape index (κ3) is 5.92. The molecule has 35 heavy (non-hydrogen) atoms. The van der Waals surface area contributed by atoms with Gasteiger partial charge in [-0.15, -0.1) is 0 Å². The van der Waals surface area contributed by atoms with E-state index in [1.807, 2.05) is 30.3 Å². The number of methoxy groups -OCH3 is 1. The zero-order chi connectivity index (χ0) is 24.9. The molecule has 0 aliphatic heterocycles. The van der Waals surface area contributed by atoms with Crippen LogP contribution in [-0.4, -0.2) is 29.2 Å². The minimum Gasteiger partial charge on any atom is -0.497 e. The van der Waals surface area contributed by atoms with Gasteiger partial charge in [-0.1, -0.05) is 47.1 Å². The molecule has 0 saturated carbocycles. The first-order valence-electron chi connectivity index (χ1n) is 11.0. The Bertz CT molecular complexity index is 1360. The molecule has 9 heteroatoms. The van der Waals surface area contributed by atoms with Crippen molar-refractivity contribution in [3.8, 4) is 5.75 Å². The molecule has 0 unspecified atom stereocenters. The number of aryl methyl sites for hydroxylation is 2. The number of imidazole rings is 1. The normalized spacial score (nSPS) is 11.1. The number of esters is 1.